The van der Waals surface area contributed by atoms with E-state index in [2.05, 4.69) is 13.0 Å². The largest absolute Gasteiger partial charge is 0.298 e. The minimum absolute atomic E-state index is 0.873. The highest BCUT2D eigenvalue weighted by Gasteiger charge is 1.90. The van der Waals surface area contributed by atoms with Crippen molar-refractivity contribution in [2.75, 3.05) is 0 Å². The summed E-state index contributed by atoms with van der Waals surface area (Å²) in [6.07, 6.45) is 11.5. The molecule has 13 heavy (non-hydrogen) atoms. The monoisotopic (exact) mass is 182 g/mol. The van der Waals surface area contributed by atoms with E-state index in [4.69, 9.17) is 0 Å². The van der Waals surface area contributed by atoms with E-state index in [-0.39, 0.29) is 0 Å². The van der Waals surface area contributed by atoms with Crippen molar-refractivity contribution in [1.29, 1.82) is 0 Å². The lowest BCUT2D eigenvalue weighted by atomic mass is 10.1. The van der Waals surface area contributed by atoms with E-state index < -0.39 is 0 Å². The maximum absolute atomic E-state index is 10.4. The van der Waals surface area contributed by atoms with Crippen LogP contribution in [0.1, 0.15) is 58.8 Å². The van der Waals surface area contributed by atoms with Gasteiger partial charge in [0.15, 0.2) is 0 Å². The van der Waals surface area contributed by atoms with Gasteiger partial charge in [0.1, 0.15) is 6.29 Å². The van der Waals surface area contributed by atoms with Crippen molar-refractivity contribution in [1.82, 2.24) is 0 Å². The van der Waals surface area contributed by atoms with Gasteiger partial charge in [0.05, 0.1) is 0 Å². The standard InChI is InChI=1S/C12H22O/c1-3-5-6-7-8-9-10-12(4-2)11-13/h10-11H,3-9H2,1-2H3/b12-10-. The van der Waals surface area contributed by atoms with Crippen LogP contribution in [0.4, 0.5) is 0 Å². The number of carbonyl (C=O) groups is 1. The fraction of sp³-hybridized carbons (Fsp3) is 0.750. The summed E-state index contributed by atoms with van der Waals surface area (Å²) >= 11 is 0. The summed E-state index contributed by atoms with van der Waals surface area (Å²) in [5, 5.41) is 0. The van der Waals surface area contributed by atoms with E-state index >= 15 is 0 Å². The van der Waals surface area contributed by atoms with Gasteiger partial charge in [-0.05, 0) is 24.8 Å². The molecule has 0 fully saturated rings. The molecule has 0 aromatic carbocycles. The Morgan fingerprint density at radius 2 is 1.77 bits per heavy atom. The van der Waals surface area contributed by atoms with Gasteiger partial charge in [-0.2, -0.15) is 0 Å². The van der Waals surface area contributed by atoms with Gasteiger partial charge in [-0.15, -0.1) is 0 Å². The zero-order chi connectivity index (χ0) is 9.94. The fourth-order valence-corrected chi connectivity index (χ4v) is 1.31. The lowest BCUT2D eigenvalue weighted by Crippen LogP contribution is -1.82. The fourth-order valence-electron chi connectivity index (χ4n) is 1.31. The Kier molecular flexibility index (Phi) is 9.07. The van der Waals surface area contributed by atoms with Gasteiger partial charge in [-0.1, -0.05) is 45.6 Å². The summed E-state index contributed by atoms with van der Waals surface area (Å²) < 4.78 is 0. The highest BCUT2D eigenvalue weighted by Crippen LogP contribution is 2.07. The molecule has 0 spiro atoms. The molecule has 0 N–H and O–H groups in total. The van der Waals surface area contributed by atoms with Crippen LogP contribution >= 0.6 is 0 Å². The summed E-state index contributed by atoms with van der Waals surface area (Å²) in [6, 6.07) is 0. The van der Waals surface area contributed by atoms with Crippen molar-refractivity contribution in [3.8, 4) is 0 Å². The average Bonchev–Trinajstić information content (AvgIpc) is 2.17. The highest BCUT2D eigenvalue weighted by molar-refractivity contribution is 5.72. The first kappa shape index (κ1) is 12.4. The third-order valence-electron chi connectivity index (χ3n) is 2.27. The van der Waals surface area contributed by atoms with Crippen molar-refractivity contribution in [3.05, 3.63) is 11.6 Å². The first-order valence-corrected chi connectivity index (χ1v) is 5.49. The molecule has 76 valence electrons. The van der Waals surface area contributed by atoms with Crippen molar-refractivity contribution < 1.29 is 4.79 Å². The van der Waals surface area contributed by atoms with Gasteiger partial charge in [0.2, 0.25) is 0 Å². The number of carbonyl (C=O) groups excluding carboxylic acids is 1. The molecule has 0 aliphatic heterocycles. The predicted octanol–water partition coefficient (Wildman–Crippen LogP) is 3.88. The number of hydrogen-bond acceptors (Lipinski definition) is 1. The molecule has 0 rings (SSSR count). The SMILES string of the molecule is CCCCCCC/C=C(\C=O)CC. The molecule has 0 amide bonds. The molecule has 0 heterocycles. The summed E-state index contributed by atoms with van der Waals surface area (Å²) in [6.45, 7) is 4.25. The lowest BCUT2D eigenvalue weighted by molar-refractivity contribution is -0.105. The molecule has 1 nitrogen and oxygen atoms in total. The first-order valence-electron chi connectivity index (χ1n) is 5.49. The van der Waals surface area contributed by atoms with Crippen LogP contribution < -0.4 is 0 Å². The number of hydrogen-bond donors (Lipinski definition) is 0. The first-order chi connectivity index (χ1) is 6.35. The second-order valence-corrected chi connectivity index (χ2v) is 3.45. The molecule has 1 heteroatoms. The maximum atomic E-state index is 10.4. The third kappa shape index (κ3) is 7.76. The Bertz CT molecular complexity index is 147. The van der Waals surface area contributed by atoms with E-state index in [0.29, 0.717) is 0 Å². The molecule has 0 radical (unpaired) electrons. The van der Waals surface area contributed by atoms with Gasteiger partial charge < -0.3 is 0 Å². The van der Waals surface area contributed by atoms with E-state index in [9.17, 15) is 4.79 Å². The van der Waals surface area contributed by atoms with Gasteiger partial charge in [0, 0.05) is 0 Å². The Balaban J connectivity index is 3.32. The minimum atomic E-state index is 0.873. The summed E-state index contributed by atoms with van der Waals surface area (Å²) in [4.78, 5) is 10.4. The van der Waals surface area contributed by atoms with Crippen LogP contribution in [0.15, 0.2) is 11.6 Å². The van der Waals surface area contributed by atoms with Gasteiger partial charge in [-0.3, -0.25) is 4.79 Å². The molecular formula is C12H22O. The predicted molar refractivity (Wildman–Crippen MR) is 57.8 cm³/mol. The normalized spacial score (nSPS) is 11.7. The smallest absolute Gasteiger partial charge is 0.145 e. The van der Waals surface area contributed by atoms with Gasteiger partial charge in [-0.25, -0.2) is 0 Å². The second-order valence-electron chi connectivity index (χ2n) is 3.45. The second kappa shape index (κ2) is 9.50. The molecule has 0 atom stereocenters. The number of allylic oxidation sites excluding steroid dienone is 2. The van der Waals surface area contributed by atoms with Crippen LogP contribution in [-0.2, 0) is 4.79 Å². The number of aldehydes is 1. The zero-order valence-corrected chi connectivity index (χ0v) is 9.01. The zero-order valence-electron chi connectivity index (χ0n) is 9.01. The van der Waals surface area contributed by atoms with Crippen LogP contribution in [0.3, 0.4) is 0 Å². The van der Waals surface area contributed by atoms with E-state index in [0.717, 1.165) is 24.7 Å². The molecule has 0 saturated carbocycles. The van der Waals surface area contributed by atoms with Crippen molar-refractivity contribution >= 4 is 6.29 Å². The molecular weight excluding hydrogens is 160 g/mol. The van der Waals surface area contributed by atoms with Crippen LogP contribution in [0, 0.1) is 0 Å². The highest BCUT2D eigenvalue weighted by atomic mass is 16.1. The van der Waals surface area contributed by atoms with Crippen molar-refractivity contribution in [3.63, 3.8) is 0 Å². The van der Waals surface area contributed by atoms with E-state index in [1.807, 2.05) is 6.92 Å². The van der Waals surface area contributed by atoms with Gasteiger partial charge in [0.25, 0.3) is 0 Å². The number of rotatable bonds is 8. The molecule has 0 aliphatic rings. The van der Waals surface area contributed by atoms with E-state index in [1.165, 1.54) is 32.1 Å². The van der Waals surface area contributed by atoms with Crippen LogP contribution in [0.5, 0.6) is 0 Å². The summed E-state index contributed by atoms with van der Waals surface area (Å²) in [5.74, 6) is 0. The minimum Gasteiger partial charge on any atom is -0.298 e. The van der Waals surface area contributed by atoms with Gasteiger partial charge >= 0.3 is 0 Å². The van der Waals surface area contributed by atoms with Crippen molar-refractivity contribution in [2.45, 2.75) is 58.8 Å². The van der Waals surface area contributed by atoms with Crippen LogP contribution in [-0.4, -0.2) is 6.29 Å². The quantitative estimate of drug-likeness (QED) is 0.316. The summed E-state index contributed by atoms with van der Waals surface area (Å²) in [7, 11) is 0. The Morgan fingerprint density at radius 3 is 2.31 bits per heavy atom. The Hall–Kier alpha value is -0.590. The lowest BCUT2D eigenvalue weighted by Gasteiger charge is -1.97. The topological polar surface area (TPSA) is 17.1 Å². The molecule has 0 aromatic heterocycles. The molecule has 0 bridgehead atoms. The van der Waals surface area contributed by atoms with Crippen molar-refractivity contribution in [2.24, 2.45) is 0 Å². The average molecular weight is 182 g/mol. The molecule has 0 aliphatic carbocycles. The Morgan fingerprint density at radius 1 is 1.08 bits per heavy atom. The van der Waals surface area contributed by atoms with Crippen LogP contribution in [0.2, 0.25) is 0 Å². The van der Waals surface area contributed by atoms with Crippen LogP contribution in [0.25, 0.3) is 0 Å². The molecule has 0 aromatic rings. The maximum Gasteiger partial charge on any atom is 0.145 e. The number of unbranched alkanes of at least 4 members (excludes halogenated alkanes) is 5. The molecule has 0 saturated heterocycles. The third-order valence-corrected chi connectivity index (χ3v) is 2.27. The Labute approximate surface area is 82.2 Å². The molecule has 0 unspecified atom stereocenters. The summed E-state index contributed by atoms with van der Waals surface area (Å²) in [5.41, 5.74) is 0.954. The van der Waals surface area contributed by atoms with E-state index in [1.54, 1.807) is 0 Å².